The van der Waals surface area contributed by atoms with E-state index in [-0.39, 0.29) is 12.8 Å². The van der Waals surface area contributed by atoms with Crippen LogP contribution >= 0.6 is 0 Å². The molecule has 8 heteroatoms. The van der Waals surface area contributed by atoms with Crippen LogP contribution in [-0.2, 0) is 28.7 Å². The van der Waals surface area contributed by atoms with Gasteiger partial charge in [0.15, 0.2) is 0 Å². The standard InChI is InChI=1S/C16H22O8/c1-8-5-9(13(18)19)10(14(20)21)7-16(8,2)11(15(22)24-4)6-12(17)23-3/h5,9-11H,6-7H2,1-4H3,(H,18,19)(H,20,21). The second-order valence-electron chi connectivity index (χ2n) is 6.14. The number of aliphatic carboxylic acids is 2. The van der Waals surface area contributed by atoms with E-state index < -0.39 is 47.0 Å². The van der Waals surface area contributed by atoms with Gasteiger partial charge in [0.25, 0.3) is 0 Å². The molecule has 24 heavy (non-hydrogen) atoms. The van der Waals surface area contributed by atoms with Crippen molar-refractivity contribution in [3.8, 4) is 0 Å². The fraction of sp³-hybridized carbons (Fsp3) is 0.625. The predicted octanol–water partition coefficient (Wildman–Crippen LogP) is 1.10. The number of methoxy groups -OCH3 is 2. The molecular formula is C16H22O8. The van der Waals surface area contributed by atoms with E-state index in [1.165, 1.54) is 20.3 Å². The van der Waals surface area contributed by atoms with E-state index in [0.717, 1.165) is 0 Å². The number of hydrogen-bond donors (Lipinski definition) is 2. The van der Waals surface area contributed by atoms with E-state index in [1.807, 2.05) is 0 Å². The normalized spacial score (nSPS) is 27.6. The predicted molar refractivity (Wildman–Crippen MR) is 80.9 cm³/mol. The highest BCUT2D eigenvalue weighted by Crippen LogP contribution is 2.49. The average Bonchev–Trinajstić information content (AvgIpc) is 2.53. The van der Waals surface area contributed by atoms with Gasteiger partial charge >= 0.3 is 23.9 Å². The molecule has 0 aromatic carbocycles. The number of allylic oxidation sites excluding steroid dienone is 1. The van der Waals surface area contributed by atoms with Crippen LogP contribution in [0.2, 0.25) is 0 Å². The summed E-state index contributed by atoms with van der Waals surface area (Å²) in [5.41, 5.74) is -0.497. The summed E-state index contributed by atoms with van der Waals surface area (Å²) in [6.45, 7) is 3.26. The molecule has 0 aliphatic heterocycles. The van der Waals surface area contributed by atoms with E-state index in [1.54, 1.807) is 13.8 Å². The van der Waals surface area contributed by atoms with Crippen LogP contribution in [0.4, 0.5) is 0 Å². The van der Waals surface area contributed by atoms with Crippen LogP contribution in [0.25, 0.3) is 0 Å². The molecular weight excluding hydrogens is 320 g/mol. The van der Waals surface area contributed by atoms with E-state index in [4.69, 9.17) is 4.74 Å². The molecule has 0 amide bonds. The molecule has 1 aliphatic carbocycles. The number of hydrogen-bond acceptors (Lipinski definition) is 6. The first-order valence-corrected chi connectivity index (χ1v) is 7.37. The van der Waals surface area contributed by atoms with Crippen molar-refractivity contribution in [2.24, 2.45) is 23.2 Å². The molecule has 0 fully saturated rings. The zero-order chi connectivity index (χ0) is 18.7. The van der Waals surface area contributed by atoms with E-state index in [0.29, 0.717) is 5.57 Å². The lowest BCUT2D eigenvalue weighted by atomic mass is 9.60. The third-order valence-corrected chi connectivity index (χ3v) is 4.86. The lowest BCUT2D eigenvalue weighted by Gasteiger charge is -2.42. The molecule has 0 radical (unpaired) electrons. The van der Waals surface area contributed by atoms with Crippen molar-refractivity contribution in [3.05, 3.63) is 11.6 Å². The number of carboxylic acid groups (broad SMARTS) is 2. The number of rotatable bonds is 6. The Bertz CT molecular complexity index is 579. The molecule has 0 saturated heterocycles. The Labute approximate surface area is 139 Å². The highest BCUT2D eigenvalue weighted by Gasteiger charge is 2.50. The summed E-state index contributed by atoms with van der Waals surface area (Å²) in [6, 6.07) is 0. The first-order valence-electron chi connectivity index (χ1n) is 7.37. The van der Waals surface area contributed by atoms with E-state index >= 15 is 0 Å². The average molecular weight is 342 g/mol. The van der Waals surface area contributed by atoms with Crippen molar-refractivity contribution in [1.29, 1.82) is 0 Å². The van der Waals surface area contributed by atoms with Gasteiger partial charge in [-0.05, 0) is 13.3 Å². The van der Waals surface area contributed by atoms with Crippen molar-refractivity contribution in [2.75, 3.05) is 14.2 Å². The highest BCUT2D eigenvalue weighted by atomic mass is 16.5. The minimum atomic E-state index is -1.26. The van der Waals surface area contributed by atoms with Gasteiger partial charge in [0.05, 0.1) is 38.4 Å². The molecule has 0 saturated carbocycles. The van der Waals surface area contributed by atoms with Gasteiger partial charge in [-0.15, -0.1) is 0 Å². The van der Waals surface area contributed by atoms with E-state index in [9.17, 15) is 29.4 Å². The van der Waals surface area contributed by atoms with Crippen LogP contribution in [0.3, 0.4) is 0 Å². The third-order valence-electron chi connectivity index (χ3n) is 4.86. The van der Waals surface area contributed by atoms with E-state index in [2.05, 4.69) is 4.74 Å². The van der Waals surface area contributed by atoms with Crippen LogP contribution in [0.1, 0.15) is 26.7 Å². The second-order valence-corrected chi connectivity index (χ2v) is 6.14. The summed E-state index contributed by atoms with van der Waals surface area (Å²) in [4.78, 5) is 46.7. The molecule has 134 valence electrons. The van der Waals surface area contributed by atoms with Crippen LogP contribution in [0.5, 0.6) is 0 Å². The Morgan fingerprint density at radius 1 is 1.21 bits per heavy atom. The van der Waals surface area contributed by atoms with Gasteiger partial charge in [0.1, 0.15) is 0 Å². The van der Waals surface area contributed by atoms with Crippen LogP contribution in [0.15, 0.2) is 11.6 Å². The summed E-state index contributed by atoms with van der Waals surface area (Å²) in [6.07, 6.45) is 0.963. The lowest BCUT2D eigenvalue weighted by molar-refractivity contribution is -0.160. The SMILES string of the molecule is COC(=O)CC(C(=O)OC)C1(C)CC(C(=O)O)C(C(=O)O)C=C1C. The molecule has 0 spiro atoms. The Morgan fingerprint density at radius 3 is 2.21 bits per heavy atom. The molecule has 4 unspecified atom stereocenters. The zero-order valence-electron chi connectivity index (χ0n) is 14.1. The molecule has 8 nitrogen and oxygen atoms in total. The van der Waals surface area contributed by atoms with Gasteiger partial charge < -0.3 is 19.7 Å². The first-order chi connectivity index (χ1) is 11.1. The maximum Gasteiger partial charge on any atom is 0.311 e. The maximum absolute atomic E-state index is 12.2. The fourth-order valence-corrected chi connectivity index (χ4v) is 3.18. The number of carboxylic acids is 2. The molecule has 0 aromatic rings. The Morgan fingerprint density at radius 2 is 1.79 bits per heavy atom. The molecule has 0 heterocycles. The van der Waals surface area contributed by atoms with Crippen LogP contribution < -0.4 is 0 Å². The Balaban J connectivity index is 3.36. The summed E-state index contributed by atoms with van der Waals surface area (Å²) in [7, 11) is 2.36. The van der Waals surface area contributed by atoms with Crippen LogP contribution in [0, 0.1) is 23.2 Å². The fourth-order valence-electron chi connectivity index (χ4n) is 3.18. The Hall–Kier alpha value is -2.38. The van der Waals surface area contributed by atoms with Gasteiger partial charge in [-0.25, -0.2) is 0 Å². The summed E-state index contributed by atoms with van der Waals surface area (Å²) < 4.78 is 9.36. The quantitative estimate of drug-likeness (QED) is 0.542. The van der Waals surface area contributed by atoms with Gasteiger partial charge in [-0.3, -0.25) is 19.2 Å². The zero-order valence-corrected chi connectivity index (χ0v) is 14.1. The molecule has 2 N–H and O–H groups in total. The third kappa shape index (κ3) is 3.74. The number of esters is 2. The van der Waals surface area contributed by atoms with Crippen molar-refractivity contribution in [1.82, 2.24) is 0 Å². The second kappa shape index (κ2) is 7.46. The van der Waals surface area contributed by atoms with Crippen molar-refractivity contribution in [2.45, 2.75) is 26.7 Å². The van der Waals surface area contributed by atoms with Gasteiger partial charge in [-0.2, -0.15) is 0 Å². The molecule has 1 aliphatic rings. The summed E-state index contributed by atoms with van der Waals surface area (Å²) >= 11 is 0. The smallest absolute Gasteiger partial charge is 0.311 e. The summed E-state index contributed by atoms with van der Waals surface area (Å²) in [5, 5.41) is 18.6. The largest absolute Gasteiger partial charge is 0.481 e. The van der Waals surface area contributed by atoms with Crippen molar-refractivity contribution < 1.29 is 38.9 Å². The monoisotopic (exact) mass is 342 g/mol. The number of carbonyl (C=O) groups excluding carboxylic acids is 2. The van der Waals surface area contributed by atoms with Gasteiger partial charge in [0.2, 0.25) is 0 Å². The minimum absolute atomic E-state index is 0.0988. The number of carbonyl (C=O) groups is 4. The number of ether oxygens (including phenoxy) is 2. The van der Waals surface area contributed by atoms with Gasteiger partial charge in [-0.1, -0.05) is 18.6 Å². The van der Waals surface area contributed by atoms with Crippen molar-refractivity contribution >= 4 is 23.9 Å². The lowest BCUT2D eigenvalue weighted by Crippen LogP contribution is -2.45. The highest BCUT2D eigenvalue weighted by molar-refractivity contribution is 5.84. The Kier molecular flexibility index (Phi) is 6.11. The topological polar surface area (TPSA) is 127 Å². The molecule has 0 aromatic heterocycles. The summed E-state index contributed by atoms with van der Waals surface area (Å²) in [5.74, 6) is -7.18. The minimum Gasteiger partial charge on any atom is -0.481 e. The molecule has 4 atom stereocenters. The molecule has 0 bridgehead atoms. The molecule has 1 rings (SSSR count). The maximum atomic E-state index is 12.2. The van der Waals surface area contributed by atoms with Crippen molar-refractivity contribution in [3.63, 3.8) is 0 Å². The van der Waals surface area contributed by atoms with Gasteiger partial charge in [0, 0.05) is 5.41 Å². The first kappa shape index (κ1) is 19.7. The van der Waals surface area contributed by atoms with Crippen LogP contribution in [-0.4, -0.2) is 48.3 Å².